The van der Waals surface area contributed by atoms with Gasteiger partial charge in [0.05, 0.1) is 18.6 Å². The maximum atomic E-state index is 13.4. The van der Waals surface area contributed by atoms with Crippen LogP contribution in [0.15, 0.2) is 60.7 Å². The Morgan fingerprint density at radius 2 is 1.56 bits per heavy atom. The second-order valence-corrected chi connectivity index (χ2v) is 6.67. The molecule has 0 saturated heterocycles. The highest BCUT2D eigenvalue weighted by Crippen LogP contribution is 2.32. The summed E-state index contributed by atoms with van der Waals surface area (Å²) in [5.41, 5.74) is 0.622. The van der Waals surface area contributed by atoms with Crippen LogP contribution in [0.25, 0.3) is 0 Å². The third-order valence-corrected chi connectivity index (χ3v) is 4.88. The highest BCUT2D eigenvalue weighted by molar-refractivity contribution is 5.94. The van der Waals surface area contributed by atoms with E-state index in [-0.39, 0.29) is 18.2 Å². The van der Waals surface area contributed by atoms with E-state index < -0.39 is 17.4 Å². The average Bonchev–Trinajstić information content (AvgIpc) is 2.72. The summed E-state index contributed by atoms with van der Waals surface area (Å²) in [7, 11) is 1.27. The molecule has 140 valence electrons. The molecule has 0 heterocycles. The van der Waals surface area contributed by atoms with E-state index in [1.54, 1.807) is 6.92 Å². The van der Waals surface area contributed by atoms with E-state index in [9.17, 15) is 9.59 Å². The van der Waals surface area contributed by atoms with Gasteiger partial charge in [-0.3, -0.25) is 4.79 Å². The number of amides is 1. The van der Waals surface area contributed by atoms with Gasteiger partial charge in [0, 0.05) is 12.3 Å². The van der Waals surface area contributed by atoms with Crippen LogP contribution in [0.1, 0.15) is 31.4 Å². The number of carbonyl (C=O) groups excluding carboxylic acids is 2. The van der Waals surface area contributed by atoms with Crippen molar-refractivity contribution in [2.24, 2.45) is 5.92 Å². The fourth-order valence-corrected chi connectivity index (χ4v) is 3.08. The van der Waals surface area contributed by atoms with Crippen molar-refractivity contribution < 1.29 is 14.3 Å². The number of nitriles is 1. The van der Waals surface area contributed by atoms with Crippen LogP contribution in [0.4, 0.5) is 0 Å². The minimum Gasteiger partial charge on any atom is -0.467 e. The highest BCUT2D eigenvalue weighted by atomic mass is 16.5. The number of methoxy groups -OCH3 is 1. The number of benzene rings is 2. The zero-order valence-corrected chi connectivity index (χ0v) is 15.8. The lowest BCUT2D eigenvalue weighted by Crippen LogP contribution is -2.52. The van der Waals surface area contributed by atoms with Crippen molar-refractivity contribution in [2.75, 3.05) is 7.11 Å². The molecule has 0 spiro atoms. The smallest absolute Gasteiger partial charge is 0.328 e. The Labute approximate surface area is 160 Å². The molecular weight excluding hydrogens is 340 g/mol. The van der Waals surface area contributed by atoms with E-state index in [0.29, 0.717) is 0 Å². The average molecular weight is 364 g/mol. The second kappa shape index (κ2) is 9.00. The van der Waals surface area contributed by atoms with Gasteiger partial charge in [0.15, 0.2) is 0 Å². The minimum atomic E-state index is -0.999. The van der Waals surface area contributed by atoms with Crippen LogP contribution in [0.3, 0.4) is 0 Å². The molecule has 2 aromatic rings. The first kappa shape index (κ1) is 20.2. The standard InChI is InChI=1S/C22H24N2O3/c1-16(14-15-23)19(20(25)27-3)24-21(26)22(2,17-10-6-4-7-11-17)18-12-8-5-9-13-18/h4-13,16,19H,14H2,1-3H3,(H,24,26)/t16-,19+/m1/s1. The SMILES string of the molecule is COC(=O)[C@@H](NC(=O)C(C)(c1ccccc1)c1ccccc1)[C@H](C)CC#N. The highest BCUT2D eigenvalue weighted by Gasteiger charge is 2.40. The summed E-state index contributed by atoms with van der Waals surface area (Å²) >= 11 is 0. The van der Waals surface area contributed by atoms with E-state index in [1.807, 2.05) is 73.7 Å². The molecule has 27 heavy (non-hydrogen) atoms. The van der Waals surface area contributed by atoms with Gasteiger partial charge in [-0.2, -0.15) is 5.26 Å². The van der Waals surface area contributed by atoms with Crippen molar-refractivity contribution in [2.45, 2.75) is 31.7 Å². The molecule has 0 saturated carbocycles. The largest absolute Gasteiger partial charge is 0.467 e. The molecule has 1 amide bonds. The van der Waals surface area contributed by atoms with Gasteiger partial charge in [0.1, 0.15) is 6.04 Å². The Morgan fingerprint density at radius 1 is 1.07 bits per heavy atom. The van der Waals surface area contributed by atoms with Gasteiger partial charge in [-0.1, -0.05) is 67.6 Å². The Bertz CT molecular complexity index is 773. The maximum absolute atomic E-state index is 13.4. The van der Waals surface area contributed by atoms with Gasteiger partial charge in [-0.15, -0.1) is 0 Å². The van der Waals surface area contributed by atoms with Crippen LogP contribution in [0, 0.1) is 17.2 Å². The van der Waals surface area contributed by atoms with Crippen molar-refractivity contribution in [3.63, 3.8) is 0 Å². The zero-order valence-electron chi connectivity index (χ0n) is 15.8. The molecule has 2 rings (SSSR count). The van der Waals surface area contributed by atoms with Gasteiger partial charge >= 0.3 is 5.97 Å². The summed E-state index contributed by atoms with van der Waals surface area (Å²) in [5, 5.41) is 11.8. The molecule has 5 heteroatoms. The lowest BCUT2D eigenvalue weighted by molar-refractivity contribution is -0.147. The molecule has 0 unspecified atom stereocenters. The summed E-state index contributed by atoms with van der Waals surface area (Å²) in [5.74, 6) is -1.25. The fraction of sp³-hybridized carbons (Fsp3) is 0.318. The van der Waals surface area contributed by atoms with Gasteiger partial charge in [-0.05, 0) is 18.1 Å². The Hall–Kier alpha value is -3.13. The van der Waals surface area contributed by atoms with Crippen molar-refractivity contribution >= 4 is 11.9 Å². The van der Waals surface area contributed by atoms with Gasteiger partial charge in [0.2, 0.25) is 5.91 Å². The van der Waals surface area contributed by atoms with Crippen LogP contribution < -0.4 is 5.32 Å². The maximum Gasteiger partial charge on any atom is 0.328 e. The van der Waals surface area contributed by atoms with Crippen molar-refractivity contribution in [1.29, 1.82) is 5.26 Å². The molecular formula is C22H24N2O3. The summed E-state index contributed by atoms with van der Waals surface area (Å²) < 4.78 is 4.84. The molecule has 5 nitrogen and oxygen atoms in total. The molecule has 1 N–H and O–H groups in total. The fourth-order valence-electron chi connectivity index (χ4n) is 3.08. The van der Waals surface area contributed by atoms with Crippen LogP contribution in [0.5, 0.6) is 0 Å². The number of carbonyl (C=O) groups is 2. The summed E-state index contributed by atoms with van der Waals surface area (Å²) in [6, 6.07) is 20.0. The molecule has 0 radical (unpaired) electrons. The zero-order chi connectivity index (χ0) is 19.9. The van der Waals surface area contributed by atoms with Crippen LogP contribution in [-0.2, 0) is 19.7 Å². The van der Waals surface area contributed by atoms with Crippen molar-refractivity contribution in [3.8, 4) is 6.07 Å². The number of nitrogens with one attached hydrogen (secondary N) is 1. The Kier molecular flexibility index (Phi) is 6.73. The van der Waals surface area contributed by atoms with E-state index in [4.69, 9.17) is 10.00 Å². The molecule has 2 aromatic carbocycles. The van der Waals surface area contributed by atoms with Gasteiger partial charge in [-0.25, -0.2) is 4.79 Å². The first-order valence-electron chi connectivity index (χ1n) is 8.82. The quantitative estimate of drug-likeness (QED) is 0.765. The third-order valence-electron chi connectivity index (χ3n) is 4.88. The van der Waals surface area contributed by atoms with E-state index >= 15 is 0 Å². The van der Waals surface area contributed by atoms with E-state index in [2.05, 4.69) is 5.32 Å². The number of esters is 1. The normalized spacial score (nSPS) is 13.1. The second-order valence-electron chi connectivity index (χ2n) is 6.67. The number of hydrogen-bond acceptors (Lipinski definition) is 4. The molecule has 2 atom stereocenters. The first-order valence-corrected chi connectivity index (χ1v) is 8.82. The molecule has 0 bridgehead atoms. The summed E-state index contributed by atoms with van der Waals surface area (Å²) in [6.07, 6.45) is 0.132. The first-order chi connectivity index (χ1) is 12.9. The lowest BCUT2D eigenvalue weighted by atomic mass is 9.75. The van der Waals surface area contributed by atoms with Gasteiger partial charge in [0.25, 0.3) is 0 Å². The number of rotatable bonds is 7. The van der Waals surface area contributed by atoms with E-state index in [1.165, 1.54) is 7.11 Å². The number of hydrogen-bond donors (Lipinski definition) is 1. The Morgan fingerprint density at radius 3 is 1.96 bits per heavy atom. The molecule has 0 aliphatic heterocycles. The molecule has 0 aliphatic carbocycles. The van der Waals surface area contributed by atoms with Crippen LogP contribution >= 0.6 is 0 Å². The molecule has 0 aromatic heterocycles. The monoisotopic (exact) mass is 364 g/mol. The predicted molar refractivity (Wildman–Crippen MR) is 103 cm³/mol. The summed E-state index contributed by atoms with van der Waals surface area (Å²) in [4.78, 5) is 25.6. The lowest BCUT2D eigenvalue weighted by Gasteiger charge is -2.32. The topological polar surface area (TPSA) is 79.2 Å². The van der Waals surface area contributed by atoms with E-state index in [0.717, 1.165) is 11.1 Å². The van der Waals surface area contributed by atoms with Crippen LogP contribution in [0.2, 0.25) is 0 Å². The summed E-state index contributed by atoms with van der Waals surface area (Å²) in [6.45, 7) is 3.57. The van der Waals surface area contributed by atoms with Crippen molar-refractivity contribution in [3.05, 3.63) is 71.8 Å². The Balaban J connectivity index is 2.45. The number of ether oxygens (including phenoxy) is 1. The van der Waals surface area contributed by atoms with Crippen LogP contribution in [-0.4, -0.2) is 25.0 Å². The minimum absolute atomic E-state index is 0.132. The van der Waals surface area contributed by atoms with Crippen molar-refractivity contribution in [1.82, 2.24) is 5.32 Å². The third kappa shape index (κ3) is 4.35. The number of nitrogens with zero attached hydrogens (tertiary/aromatic N) is 1. The molecule has 0 aliphatic rings. The molecule has 0 fully saturated rings. The van der Waals surface area contributed by atoms with Gasteiger partial charge < -0.3 is 10.1 Å². The predicted octanol–water partition coefficient (Wildman–Crippen LogP) is 3.20.